The second kappa shape index (κ2) is 8.51. The molecule has 0 aliphatic carbocycles. The van der Waals surface area contributed by atoms with E-state index < -0.39 is 0 Å². The lowest BCUT2D eigenvalue weighted by Gasteiger charge is -2.26. The predicted molar refractivity (Wildman–Crippen MR) is 91.4 cm³/mol. The topological polar surface area (TPSA) is 41.6 Å². The van der Waals surface area contributed by atoms with Gasteiger partial charge in [-0.15, -0.1) is 11.3 Å². The smallest absolute Gasteiger partial charge is 0.262 e. The van der Waals surface area contributed by atoms with E-state index in [1.54, 1.807) is 6.07 Å². The van der Waals surface area contributed by atoms with Gasteiger partial charge in [-0.2, -0.15) is 0 Å². The lowest BCUT2D eigenvalue weighted by molar-refractivity contribution is -0.0000149. The van der Waals surface area contributed by atoms with Crippen molar-refractivity contribution in [1.82, 2.24) is 10.2 Å². The van der Waals surface area contributed by atoms with E-state index in [2.05, 4.69) is 10.2 Å². The molecule has 1 saturated heterocycles. The van der Waals surface area contributed by atoms with E-state index in [1.807, 2.05) is 12.1 Å². The number of carbonyl (C=O) groups excluding carboxylic acids is 1. The lowest BCUT2D eigenvalue weighted by Crippen LogP contribution is -3.00. The molecule has 0 saturated carbocycles. The Morgan fingerprint density at radius 3 is 2.78 bits per heavy atom. The maximum absolute atomic E-state index is 12.3. The Morgan fingerprint density at radius 2 is 2.04 bits per heavy atom. The summed E-state index contributed by atoms with van der Waals surface area (Å²) in [7, 11) is 0. The van der Waals surface area contributed by atoms with Crippen LogP contribution in [0.2, 0.25) is 10.0 Å². The first kappa shape index (κ1) is 18.8. The van der Waals surface area contributed by atoms with Gasteiger partial charge in [-0.25, -0.2) is 0 Å². The fourth-order valence-corrected chi connectivity index (χ4v) is 4.13. The second-order valence-electron chi connectivity index (χ2n) is 5.10. The molecule has 1 aromatic heterocycles. The number of rotatable bonds is 4. The summed E-state index contributed by atoms with van der Waals surface area (Å²) in [5.41, 5.74) is 0. The Kier molecular flexibility index (Phi) is 6.95. The monoisotopic (exact) mass is 393 g/mol. The van der Waals surface area contributed by atoms with E-state index in [0.29, 0.717) is 21.5 Å². The second-order valence-corrected chi connectivity index (χ2v) is 6.96. The van der Waals surface area contributed by atoms with Crippen LogP contribution in [0.15, 0.2) is 18.2 Å². The SMILES string of the molecule is O=C(NCCN1CCOCC1)c1sc2cc(Cl)ccc2c1Cl.[Cl-]. The van der Waals surface area contributed by atoms with E-state index in [9.17, 15) is 4.79 Å². The molecule has 2 heterocycles. The molecule has 1 N–H and O–H groups in total. The Morgan fingerprint density at radius 1 is 1.30 bits per heavy atom. The largest absolute Gasteiger partial charge is 1.00 e. The third-order valence-corrected chi connectivity index (χ3v) is 5.51. The van der Waals surface area contributed by atoms with Gasteiger partial charge in [0.2, 0.25) is 0 Å². The molecule has 0 bridgehead atoms. The number of fused-ring (bicyclic) bond motifs is 1. The van der Waals surface area contributed by atoms with Gasteiger partial charge in [0.1, 0.15) is 4.88 Å². The lowest BCUT2D eigenvalue weighted by atomic mass is 10.2. The van der Waals surface area contributed by atoms with Gasteiger partial charge in [0.05, 0.1) is 18.2 Å². The van der Waals surface area contributed by atoms with Gasteiger partial charge in [-0.3, -0.25) is 9.69 Å². The van der Waals surface area contributed by atoms with Crippen molar-refractivity contribution in [2.45, 2.75) is 0 Å². The molecule has 126 valence electrons. The number of amides is 1. The molecule has 3 rings (SSSR count). The minimum atomic E-state index is -0.129. The number of thiophene rings is 1. The number of ether oxygens (including phenoxy) is 1. The number of nitrogens with zero attached hydrogens (tertiary/aromatic N) is 1. The van der Waals surface area contributed by atoms with Crippen LogP contribution in [0.1, 0.15) is 9.67 Å². The molecule has 1 aromatic carbocycles. The van der Waals surface area contributed by atoms with Crippen molar-refractivity contribution in [1.29, 1.82) is 0 Å². The Hall–Kier alpha value is -0.560. The highest BCUT2D eigenvalue weighted by atomic mass is 35.5. The molecule has 1 aliphatic rings. The number of benzene rings is 1. The maximum Gasteiger partial charge on any atom is 0.262 e. The zero-order valence-corrected chi connectivity index (χ0v) is 15.4. The molecular weight excluding hydrogens is 379 g/mol. The van der Waals surface area contributed by atoms with Crippen molar-refractivity contribution in [2.24, 2.45) is 0 Å². The van der Waals surface area contributed by atoms with Crippen molar-refractivity contribution >= 4 is 50.5 Å². The van der Waals surface area contributed by atoms with Crippen molar-refractivity contribution < 1.29 is 21.9 Å². The van der Waals surface area contributed by atoms with Gasteiger partial charge >= 0.3 is 0 Å². The quantitative estimate of drug-likeness (QED) is 0.810. The van der Waals surface area contributed by atoms with Gasteiger partial charge < -0.3 is 22.5 Å². The molecule has 0 unspecified atom stereocenters. The highest BCUT2D eigenvalue weighted by molar-refractivity contribution is 7.21. The first-order valence-electron chi connectivity index (χ1n) is 7.11. The van der Waals surface area contributed by atoms with Gasteiger partial charge in [0, 0.05) is 41.3 Å². The van der Waals surface area contributed by atoms with E-state index in [4.69, 9.17) is 27.9 Å². The molecule has 1 aliphatic heterocycles. The van der Waals surface area contributed by atoms with Gasteiger partial charge in [0.25, 0.3) is 5.91 Å². The van der Waals surface area contributed by atoms with Crippen LogP contribution >= 0.6 is 34.5 Å². The van der Waals surface area contributed by atoms with Crippen molar-refractivity contribution in [3.8, 4) is 0 Å². The molecule has 8 heteroatoms. The van der Waals surface area contributed by atoms with Crippen LogP contribution in [0.4, 0.5) is 0 Å². The normalized spacial score (nSPS) is 15.4. The minimum Gasteiger partial charge on any atom is -1.00 e. The van der Waals surface area contributed by atoms with E-state index in [0.717, 1.165) is 42.9 Å². The fraction of sp³-hybridized carbons (Fsp3) is 0.400. The summed E-state index contributed by atoms with van der Waals surface area (Å²) in [6.07, 6.45) is 0. The number of hydrogen-bond donors (Lipinski definition) is 1. The predicted octanol–water partition coefficient (Wildman–Crippen LogP) is 0.274. The average molecular weight is 395 g/mol. The van der Waals surface area contributed by atoms with Crippen LogP contribution in [0.3, 0.4) is 0 Å². The molecular formula is C15H16Cl3N2O2S-. The van der Waals surface area contributed by atoms with Crippen LogP contribution in [0, 0.1) is 0 Å². The molecule has 1 amide bonds. The first-order chi connectivity index (χ1) is 10.6. The van der Waals surface area contributed by atoms with E-state index >= 15 is 0 Å². The Bertz CT molecular complexity index is 687. The van der Waals surface area contributed by atoms with Gasteiger partial charge in [-0.05, 0) is 12.1 Å². The van der Waals surface area contributed by atoms with Crippen LogP contribution in [-0.4, -0.2) is 50.2 Å². The summed E-state index contributed by atoms with van der Waals surface area (Å²) < 4.78 is 6.23. The fourth-order valence-electron chi connectivity index (χ4n) is 2.42. The first-order valence-corrected chi connectivity index (χ1v) is 8.68. The summed E-state index contributed by atoms with van der Waals surface area (Å²) in [5, 5.41) is 4.95. The average Bonchev–Trinajstić information content (AvgIpc) is 2.84. The molecule has 0 radical (unpaired) electrons. The molecule has 4 nitrogen and oxygen atoms in total. The molecule has 0 spiro atoms. The molecule has 23 heavy (non-hydrogen) atoms. The maximum atomic E-state index is 12.3. The van der Waals surface area contributed by atoms with Gasteiger partial charge in [-0.1, -0.05) is 29.3 Å². The molecule has 0 atom stereocenters. The number of morpholine rings is 1. The molecule has 1 fully saturated rings. The summed E-state index contributed by atoms with van der Waals surface area (Å²) >= 11 is 13.7. The zero-order valence-electron chi connectivity index (χ0n) is 12.3. The zero-order chi connectivity index (χ0) is 15.5. The third-order valence-electron chi connectivity index (χ3n) is 3.62. The third kappa shape index (κ3) is 4.50. The summed E-state index contributed by atoms with van der Waals surface area (Å²) in [4.78, 5) is 15.1. The van der Waals surface area contributed by atoms with Crippen molar-refractivity contribution in [3.63, 3.8) is 0 Å². The van der Waals surface area contributed by atoms with Crippen LogP contribution in [-0.2, 0) is 4.74 Å². The summed E-state index contributed by atoms with van der Waals surface area (Å²) in [6, 6.07) is 5.46. The number of carbonyl (C=O) groups is 1. The van der Waals surface area contributed by atoms with Crippen LogP contribution in [0.5, 0.6) is 0 Å². The number of halogens is 3. The number of hydrogen-bond acceptors (Lipinski definition) is 4. The van der Waals surface area contributed by atoms with Gasteiger partial charge in [0.15, 0.2) is 0 Å². The summed E-state index contributed by atoms with van der Waals surface area (Å²) in [5.74, 6) is -0.129. The molecule has 2 aromatic rings. The number of nitrogens with one attached hydrogen (secondary N) is 1. The van der Waals surface area contributed by atoms with Crippen LogP contribution in [0.25, 0.3) is 10.1 Å². The summed E-state index contributed by atoms with van der Waals surface area (Å²) in [6.45, 7) is 4.78. The van der Waals surface area contributed by atoms with Crippen molar-refractivity contribution in [2.75, 3.05) is 39.4 Å². The van der Waals surface area contributed by atoms with E-state index in [-0.39, 0.29) is 18.3 Å². The Balaban J connectivity index is 0.00000192. The standard InChI is InChI=1S/C15H16Cl2N2O2S.ClH/c16-10-1-2-11-12(9-10)22-14(13(11)17)15(20)18-3-4-19-5-7-21-8-6-19;/h1-2,9H,3-8H2,(H,18,20);1H/p-1. The van der Waals surface area contributed by atoms with Crippen LogP contribution < -0.4 is 17.7 Å². The Labute approximate surface area is 155 Å². The minimum absolute atomic E-state index is 0. The van der Waals surface area contributed by atoms with E-state index in [1.165, 1.54) is 11.3 Å². The highest BCUT2D eigenvalue weighted by Gasteiger charge is 2.17. The highest BCUT2D eigenvalue weighted by Crippen LogP contribution is 2.36. The van der Waals surface area contributed by atoms with Crippen molar-refractivity contribution in [3.05, 3.63) is 33.1 Å².